The highest BCUT2D eigenvalue weighted by Crippen LogP contribution is 2.18. The zero-order chi connectivity index (χ0) is 29.1. The van der Waals surface area contributed by atoms with Crippen LogP contribution in [0.4, 0.5) is 14.6 Å². The van der Waals surface area contributed by atoms with Gasteiger partial charge < -0.3 is 20.6 Å². The molecule has 1 amide bonds. The number of rotatable bonds is 15. The minimum atomic E-state index is -1.01. The number of hydrogen-bond donors (Lipinski definition) is 3. The first kappa shape index (κ1) is 31.2. The normalized spacial score (nSPS) is 12.7. The molecule has 2 aromatic carbocycles. The van der Waals surface area contributed by atoms with Crippen molar-refractivity contribution in [3.63, 3.8) is 0 Å². The Bertz CT molecular complexity index is 1230. The van der Waals surface area contributed by atoms with Crippen LogP contribution in [0.3, 0.4) is 0 Å². The molecule has 0 unspecified atom stereocenters. The molecule has 0 spiro atoms. The van der Waals surface area contributed by atoms with Crippen molar-refractivity contribution in [1.82, 2.24) is 15.6 Å². The lowest BCUT2D eigenvalue weighted by Crippen LogP contribution is -2.48. The summed E-state index contributed by atoms with van der Waals surface area (Å²) in [6.07, 6.45) is 1.88. The van der Waals surface area contributed by atoms with E-state index in [0.29, 0.717) is 23.4 Å². The summed E-state index contributed by atoms with van der Waals surface area (Å²) in [5.74, 6) is -1.06. The minimum absolute atomic E-state index is 0.0588. The predicted molar refractivity (Wildman–Crippen MR) is 157 cm³/mol. The van der Waals surface area contributed by atoms with E-state index in [1.165, 1.54) is 17.7 Å². The van der Waals surface area contributed by atoms with Gasteiger partial charge in [-0.25, -0.2) is 13.8 Å². The third-order valence-electron chi connectivity index (χ3n) is 6.75. The van der Waals surface area contributed by atoms with E-state index in [9.17, 15) is 18.7 Å². The van der Waals surface area contributed by atoms with Crippen LogP contribution in [0.2, 0.25) is 0 Å². The number of nitrogens with one attached hydrogen (secondary N) is 2. The molecule has 40 heavy (non-hydrogen) atoms. The summed E-state index contributed by atoms with van der Waals surface area (Å²) in [5.41, 5.74) is 3.79. The van der Waals surface area contributed by atoms with Gasteiger partial charge in [0.2, 0.25) is 0 Å². The van der Waals surface area contributed by atoms with Gasteiger partial charge in [0.05, 0.1) is 12.1 Å². The summed E-state index contributed by atoms with van der Waals surface area (Å²) in [4.78, 5) is 20.3. The molecule has 0 saturated heterocycles. The molecule has 0 aliphatic rings. The Balaban J connectivity index is 1.79. The van der Waals surface area contributed by atoms with E-state index in [1.807, 2.05) is 19.1 Å². The molecule has 0 bridgehead atoms. The lowest BCUT2D eigenvalue weighted by atomic mass is 10.00. The molecule has 0 radical (unpaired) electrons. The van der Waals surface area contributed by atoms with Crippen molar-refractivity contribution < 1.29 is 18.7 Å². The molecule has 0 aliphatic heterocycles. The fourth-order valence-electron chi connectivity index (χ4n) is 4.81. The monoisotopic (exact) mass is 552 g/mol. The number of pyridine rings is 1. The number of benzene rings is 2. The highest BCUT2D eigenvalue weighted by Gasteiger charge is 2.24. The van der Waals surface area contributed by atoms with E-state index in [2.05, 4.69) is 53.4 Å². The van der Waals surface area contributed by atoms with Crippen molar-refractivity contribution in [3.8, 4) is 0 Å². The van der Waals surface area contributed by atoms with Gasteiger partial charge in [0, 0.05) is 43.5 Å². The lowest BCUT2D eigenvalue weighted by Gasteiger charge is -2.26. The molecule has 3 aromatic rings. The van der Waals surface area contributed by atoms with Crippen molar-refractivity contribution in [1.29, 1.82) is 0 Å². The summed E-state index contributed by atoms with van der Waals surface area (Å²) < 4.78 is 27.9. The smallest absolute Gasteiger partial charge is 0.251 e. The standard InChI is InChI=1S/C32H42F2N4O2/c1-5-11-38(12-6-2)31-18-26(13-22(4)36-31)32(40)37-29(17-25-15-27(33)19-28(34)16-25)30(39)21-35-20-24-10-8-9-23(7-3)14-24/h8-10,13-16,18-19,29-30,35,39H,5-7,11-12,17,20-21H2,1-4H3,(H,37,40)/t29-,30+/m0/s1. The Kier molecular flexibility index (Phi) is 12.0. The average molecular weight is 553 g/mol. The number of aryl methyl sites for hydroxylation is 2. The van der Waals surface area contributed by atoms with E-state index in [1.54, 1.807) is 12.1 Å². The maximum absolute atomic E-state index is 13.9. The first-order valence-corrected chi connectivity index (χ1v) is 14.2. The number of aromatic nitrogens is 1. The van der Waals surface area contributed by atoms with Crippen molar-refractivity contribution in [3.05, 3.63) is 94.2 Å². The first-order chi connectivity index (χ1) is 19.2. The number of halogens is 2. The Morgan fingerprint density at radius 3 is 2.27 bits per heavy atom. The van der Waals surface area contributed by atoms with E-state index in [0.717, 1.165) is 49.8 Å². The van der Waals surface area contributed by atoms with Crippen LogP contribution in [0.15, 0.2) is 54.6 Å². The molecule has 1 heterocycles. The third kappa shape index (κ3) is 9.38. The summed E-state index contributed by atoms with van der Waals surface area (Å²) in [5, 5.41) is 17.3. The van der Waals surface area contributed by atoms with Gasteiger partial charge in [-0.3, -0.25) is 4.79 Å². The van der Waals surface area contributed by atoms with Crippen LogP contribution in [0.5, 0.6) is 0 Å². The Hall–Kier alpha value is -3.36. The quantitative estimate of drug-likeness (QED) is 0.237. The summed E-state index contributed by atoms with van der Waals surface area (Å²) in [6, 6.07) is 14.1. The summed E-state index contributed by atoms with van der Waals surface area (Å²) in [6.45, 7) is 10.5. The third-order valence-corrected chi connectivity index (χ3v) is 6.75. The average Bonchev–Trinajstić information content (AvgIpc) is 2.91. The van der Waals surface area contributed by atoms with Gasteiger partial charge in [-0.2, -0.15) is 0 Å². The van der Waals surface area contributed by atoms with Crippen LogP contribution in [0.25, 0.3) is 0 Å². The van der Waals surface area contributed by atoms with Crippen LogP contribution < -0.4 is 15.5 Å². The molecular formula is C32H42F2N4O2. The fraction of sp³-hybridized carbons (Fsp3) is 0.438. The van der Waals surface area contributed by atoms with E-state index >= 15 is 0 Å². The summed E-state index contributed by atoms with van der Waals surface area (Å²) >= 11 is 0. The molecular weight excluding hydrogens is 510 g/mol. The second-order valence-corrected chi connectivity index (χ2v) is 10.3. The topological polar surface area (TPSA) is 77.5 Å². The lowest BCUT2D eigenvalue weighted by molar-refractivity contribution is 0.0829. The number of aliphatic hydroxyl groups excluding tert-OH is 1. The maximum atomic E-state index is 13.9. The fourth-order valence-corrected chi connectivity index (χ4v) is 4.81. The van der Waals surface area contributed by atoms with E-state index in [-0.39, 0.29) is 18.9 Å². The Morgan fingerprint density at radius 1 is 0.950 bits per heavy atom. The van der Waals surface area contributed by atoms with Gasteiger partial charge in [0.1, 0.15) is 17.5 Å². The van der Waals surface area contributed by atoms with Crippen LogP contribution in [-0.4, -0.2) is 47.8 Å². The number of carbonyl (C=O) groups is 1. The van der Waals surface area contributed by atoms with Crippen molar-refractivity contribution in [2.75, 3.05) is 24.5 Å². The molecule has 8 heteroatoms. The number of nitrogens with zero attached hydrogens (tertiary/aromatic N) is 2. The molecule has 1 aromatic heterocycles. The van der Waals surface area contributed by atoms with Crippen LogP contribution in [-0.2, 0) is 19.4 Å². The molecule has 0 saturated carbocycles. The number of carbonyl (C=O) groups excluding carboxylic acids is 1. The molecule has 2 atom stereocenters. The zero-order valence-corrected chi connectivity index (χ0v) is 24.0. The number of anilines is 1. The maximum Gasteiger partial charge on any atom is 0.251 e. The van der Waals surface area contributed by atoms with Crippen molar-refractivity contribution in [2.45, 2.75) is 72.1 Å². The SMILES string of the molecule is CCCN(CCC)c1cc(C(=O)N[C@@H](Cc2cc(F)cc(F)c2)[C@H](O)CNCc2cccc(CC)c2)cc(C)n1. The van der Waals surface area contributed by atoms with Crippen LogP contribution in [0.1, 0.15) is 66.4 Å². The van der Waals surface area contributed by atoms with E-state index < -0.39 is 23.8 Å². The largest absolute Gasteiger partial charge is 0.390 e. The molecule has 0 fully saturated rings. The second-order valence-electron chi connectivity index (χ2n) is 10.3. The molecule has 6 nitrogen and oxygen atoms in total. The van der Waals surface area contributed by atoms with Crippen molar-refractivity contribution >= 4 is 11.7 Å². The zero-order valence-electron chi connectivity index (χ0n) is 24.0. The predicted octanol–water partition coefficient (Wildman–Crippen LogP) is 5.35. The van der Waals surface area contributed by atoms with Gasteiger partial charge in [0.25, 0.3) is 5.91 Å². The van der Waals surface area contributed by atoms with Crippen LogP contribution >= 0.6 is 0 Å². The number of amides is 1. The van der Waals surface area contributed by atoms with E-state index in [4.69, 9.17) is 0 Å². The second kappa shape index (κ2) is 15.4. The molecule has 3 rings (SSSR count). The Morgan fingerprint density at radius 2 is 1.62 bits per heavy atom. The van der Waals surface area contributed by atoms with Gasteiger partial charge >= 0.3 is 0 Å². The summed E-state index contributed by atoms with van der Waals surface area (Å²) in [7, 11) is 0. The highest BCUT2D eigenvalue weighted by atomic mass is 19.1. The van der Waals surface area contributed by atoms with Gasteiger partial charge in [-0.1, -0.05) is 45.0 Å². The minimum Gasteiger partial charge on any atom is -0.390 e. The number of aliphatic hydroxyl groups is 1. The van der Waals surface area contributed by atoms with Gasteiger partial charge in [-0.05, 0) is 73.6 Å². The molecule has 0 aliphatic carbocycles. The Labute approximate surface area is 236 Å². The highest BCUT2D eigenvalue weighted by molar-refractivity contribution is 5.95. The van der Waals surface area contributed by atoms with Crippen molar-refractivity contribution in [2.24, 2.45) is 0 Å². The van der Waals surface area contributed by atoms with Crippen LogP contribution in [0, 0.1) is 18.6 Å². The molecule has 216 valence electrons. The molecule has 3 N–H and O–H groups in total. The van der Waals surface area contributed by atoms with Gasteiger partial charge in [0.15, 0.2) is 0 Å². The first-order valence-electron chi connectivity index (χ1n) is 14.2. The van der Waals surface area contributed by atoms with Gasteiger partial charge in [-0.15, -0.1) is 0 Å². The number of hydrogen-bond acceptors (Lipinski definition) is 5.